The van der Waals surface area contributed by atoms with Gasteiger partial charge in [0.2, 0.25) is 0 Å². The number of allylic oxidation sites excluding steroid dienone is 1. The molecule has 0 spiro atoms. The molecule has 1 aliphatic heterocycles. The first-order chi connectivity index (χ1) is 16.8. The Morgan fingerprint density at radius 2 is 1.77 bits per heavy atom. The number of carbonyl (C=O) groups is 2. The van der Waals surface area contributed by atoms with Crippen molar-refractivity contribution in [3.05, 3.63) is 81.8 Å². The number of nitrogens with one attached hydrogen (secondary N) is 2. The van der Waals surface area contributed by atoms with E-state index in [0.717, 1.165) is 16.8 Å². The molecular weight excluding hydrogens is 486 g/mol. The van der Waals surface area contributed by atoms with Crippen LogP contribution in [-0.4, -0.2) is 36.8 Å². The van der Waals surface area contributed by atoms with E-state index in [9.17, 15) is 9.59 Å². The summed E-state index contributed by atoms with van der Waals surface area (Å²) in [6.07, 6.45) is 0. The summed E-state index contributed by atoms with van der Waals surface area (Å²) in [5.74, 6) is -2.41. The van der Waals surface area contributed by atoms with Gasteiger partial charge in [-0.2, -0.15) is 0 Å². The van der Waals surface area contributed by atoms with E-state index in [2.05, 4.69) is 10.6 Å². The Morgan fingerprint density at radius 3 is 2.43 bits per heavy atom. The summed E-state index contributed by atoms with van der Waals surface area (Å²) in [5.41, 5.74) is 2.28. The average Bonchev–Trinajstić information content (AvgIpc) is 3.31. The summed E-state index contributed by atoms with van der Waals surface area (Å²) >= 11 is 7.75. The molecule has 3 unspecified atom stereocenters. The lowest BCUT2D eigenvalue weighted by molar-refractivity contribution is -0.149. The second-order valence-electron chi connectivity index (χ2n) is 8.39. The molecule has 2 aromatic carbocycles. The van der Waals surface area contributed by atoms with E-state index in [1.807, 2.05) is 66.9 Å². The highest BCUT2D eigenvalue weighted by atomic mass is 35.5. The molecule has 2 heterocycles. The van der Waals surface area contributed by atoms with Crippen LogP contribution in [0.5, 0.6) is 0 Å². The molecule has 0 aliphatic carbocycles. The molecule has 2 N–H and O–H groups in total. The fourth-order valence-electron chi connectivity index (χ4n) is 4.63. The molecule has 3 aromatic rings. The normalized spacial score (nSPS) is 21.7. The summed E-state index contributed by atoms with van der Waals surface area (Å²) in [5, 5.41) is 9.84. The van der Waals surface area contributed by atoms with Crippen LogP contribution in [0.1, 0.15) is 25.3 Å². The number of esters is 2. The summed E-state index contributed by atoms with van der Waals surface area (Å²) < 4.78 is 10.3. The molecule has 1 aromatic heterocycles. The fourth-order valence-corrected chi connectivity index (χ4v) is 5.69. The molecule has 7 nitrogen and oxygen atoms in total. The molecule has 0 saturated carbocycles. The number of anilines is 1. The topological polar surface area (TPSA) is 89.5 Å². The van der Waals surface area contributed by atoms with E-state index in [-0.39, 0.29) is 0 Å². The zero-order valence-electron chi connectivity index (χ0n) is 19.8. The van der Waals surface area contributed by atoms with Crippen molar-refractivity contribution in [2.45, 2.75) is 25.4 Å². The Kier molecular flexibility index (Phi) is 7.14. The summed E-state index contributed by atoms with van der Waals surface area (Å²) in [6, 6.07) is 16.9. The highest BCUT2D eigenvalue weighted by molar-refractivity contribution is 7.14. The summed E-state index contributed by atoms with van der Waals surface area (Å²) in [6.45, 7) is 3.66. The van der Waals surface area contributed by atoms with Crippen LogP contribution in [0.3, 0.4) is 0 Å². The monoisotopic (exact) mass is 511 g/mol. The number of hydrogen-bond acceptors (Lipinski definition) is 8. The van der Waals surface area contributed by atoms with Gasteiger partial charge in [0.25, 0.3) is 0 Å². The van der Waals surface area contributed by atoms with Gasteiger partial charge in [-0.05, 0) is 25.5 Å². The highest BCUT2D eigenvalue weighted by Crippen LogP contribution is 2.45. The van der Waals surface area contributed by atoms with Crippen molar-refractivity contribution in [1.82, 2.24) is 10.3 Å². The maximum atomic E-state index is 13.3. The van der Waals surface area contributed by atoms with Crippen LogP contribution in [0.25, 0.3) is 11.3 Å². The fraction of sp³-hybridized carbons (Fsp3) is 0.269. The Bertz CT molecular complexity index is 1280. The third kappa shape index (κ3) is 4.76. The molecule has 1 aliphatic rings. The third-order valence-electron chi connectivity index (χ3n) is 6.16. The molecule has 0 fully saturated rings. The van der Waals surface area contributed by atoms with Crippen LogP contribution in [0.15, 0.2) is 71.2 Å². The van der Waals surface area contributed by atoms with Crippen molar-refractivity contribution in [3.8, 4) is 11.3 Å². The number of benzene rings is 2. The summed E-state index contributed by atoms with van der Waals surface area (Å²) in [7, 11) is 2.67. The number of thiazole rings is 1. The van der Waals surface area contributed by atoms with E-state index in [4.69, 9.17) is 26.1 Å². The molecule has 0 saturated heterocycles. The van der Waals surface area contributed by atoms with Gasteiger partial charge in [-0.25, -0.2) is 9.78 Å². The van der Waals surface area contributed by atoms with Gasteiger partial charge in [0.05, 0.1) is 25.5 Å². The van der Waals surface area contributed by atoms with Gasteiger partial charge in [0, 0.05) is 27.6 Å². The number of halogens is 1. The van der Waals surface area contributed by atoms with Crippen molar-refractivity contribution < 1.29 is 19.1 Å². The number of carbonyl (C=O) groups excluding carboxylic acids is 2. The van der Waals surface area contributed by atoms with E-state index < -0.39 is 29.4 Å². The van der Waals surface area contributed by atoms with E-state index in [1.54, 1.807) is 6.92 Å². The van der Waals surface area contributed by atoms with Crippen LogP contribution in [0.2, 0.25) is 5.02 Å². The maximum absolute atomic E-state index is 13.3. The van der Waals surface area contributed by atoms with Crippen LogP contribution < -0.4 is 10.6 Å². The van der Waals surface area contributed by atoms with E-state index in [1.165, 1.54) is 25.6 Å². The third-order valence-corrected chi connectivity index (χ3v) is 7.24. The number of rotatable bonds is 6. The van der Waals surface area contributed by atoms with Crippen molar-refractivity contribution in [2.24, 2.45) is 5.92 Å². The van der Waals surface area contributed by atoms with Gasteiger partial charge in [0.1, 0.15) is 11.6 Å². The Hall–Kier alpha value is -3.36. The molecule has 0 amide bonds. The smallest absolute Gasteiger partial charge is 0.336 e. The van der Waals surface area contributed by atoms with E-state index >= 15 is 0 Å². The Balaban J connectivity index is 1.80. The van der Waals surface area contributed by atoms with Crippen LogP contribution in [-0.2, 0) is 19.1 Å². The quantitative estimate of drug-likeness (QED) is 0.439. The van der Waals surface area contributed by atoms with Gasteiger partial charge < -0.3 is 20.1 Å². The predicted octanol–water partition coefficient (Wildman–Crippen LogP) is 5.21. The van der Waals surface area contributed by atoms with Gasteiger partial charge in [0.15, 0.2) is 5.13 Å². The standard InChI is InChI=1S/C26H26ClN3O4S/c1-15-20(23(31)33-3)21(16-10-6-5-7-11-16)22(24(32)34-4)26(2,29-15)30-25-28-19(14-35-25)17-12-8-9-13-18(17)27/h5-14,21-22,29H,1-4H3,(H,28,30). The number of nitrogens with zero attached hydrogens (tertiary/aromatic N) is 1. The largest absolute Gasteiger partial charge is 0.469 e. The zero-order chi connectivity index (χ0) is 25.2. The highest BCUT2D eigenvalue weighted by Gasteiger charge is 2.52. The Morgan fingerprint density at radius 1 is 1.09 bits per heavy atom. The number of aromatic nitrogens is 1. The second kappa shape index (κ2) is 10.1. The van der Waals surface area contributed by atoms with Gasteiger partial charge >= 0.3 is 11.9 Å². The summed E-state index contributed by atoms with van der Waals surface area (Å²) in [4.78, 5) is 30.9. The van der Waals surface area contributed by atoms with Gasteiger partial charge in [-0.3, -0.25) is 4.79 Å². The first-order valence-electron chi connectivity index (χ1n) is 11.0. The lowest BCUT2D eigenvalue weighted by Gasteiger charge is -2.46. The van der Waals surface area contributed by atoms with Crippen molar-refractivity contribution in [2.75, 3.05) is 19.5 Å². The first-order valence-corrected chi connectivity index (χ1v) is 12.2. The molecule has 35 heavy (non-hydrogen) atoms. The molecule has 4 rings (SSSR count). The predicted molar refractivity (Wildman–Crippen MR) is 137 cm³/mol. The van der Waals surface area contributed by atoms with Gasteiger partial charge in [-0.1, -0.05) is 60.1 Å². The number of methoxy groups -OCH3 is 2. The first kappa shape index (κ1) is 24.8. The van der Waals surface area contributed by atoms with Crippen molar-refractivity contribution >= 4 is 40.0 Å². The van der Waals surface area contributed by atoms with Gasteiger partial charge in [-0.15, -0.1) is 11.3 Å². The lowest BCUT2D eigenvalue weighted by atomic mass is 9.71. The SMILES string of the molecule is COC(=O)C1=C(C)NC(C)(Nc2nc(-c3ccccc3Cl)cs2)C(C(=O)OC)C1c1ccccc1. The lowest BCUT2D eigenvalue weighted by Crippen LogP contribution is -2.62. The average molecular weight is 512 g/mol. The van der Waals surface area contributed by atoms with Crippen LogP contribution in [0, 0.1) is 5.92 Å². The van der Waals surface area contributed by atoms with Crippen molar-refractivity contribution in [3.63, 3.8) is 0 Å². The molecule has 9 heteroatoms. The van der Waals surface area contributed by atoms with Crippen molar-refractivity contribution in [1.29, 1.82) is 0 Å². The minimum absolute atomic E-state index is 0.379. The Labute approximate surface area is 213 Å². The zero-order valence-corrected chi connectivity index (χ0v) is 21.4. The molecular formula is C26H26ClN3O4S. The maximum Gasteiger partial charge on any atom is 0.336 e. The minimum atomic E-state index is -1.04. The van der Waals surface area contributed by atoms with E-state index in [0.29, 0.717) is 21.4 Å². The molecule has 0 bridgehead atoms. The number of hydrogen-bond donors (Lipinski definition) is 2. The second-order valence-corrected chi connectivity index (χ2v) is 9.65. The molecule has 0 radical (unpaired) electrons. The van der Waals surface area contributed by atoms with Crippen LogP contribution in [0.4, 0.5) is 5.13 Å². The van der Waals surface area contributed by atoms with Crippen LogP contribution >= 0.6 is 22.9 Å². The number of ether oxygens (including phenoxy) is 2. The molecule has 3 atom stereocenters. The minimum Gasteiger partial charge on any atom is -0.469 e. The molecule has 182 valence electrons.